The number of benzene rings is 2. The van der Waals surface area contributed by atoms with Gasteiger partial charge in [0.2, 0.25) is 0 Å². The van der Waals surface area contributed by atoms with Crippen molar-refractivity contribution in [2.24, 2.45) is 0 Å². The van der Waals surface area contributed by atoms with Gasteiger partial charge in [-0.3, -0.25) is 0 Å². The highest BCUT2D eigenvalue weighted by Crippen LogP contribution is 2.22. The maximum absolute atomic E-state index is 8.84. The molecule has 1 N–H and O–H groups in total. The summed E-state index contributed by atoms with van der Waals surface area (Å²) in [6.07, 6.45) is 4.13. The molecule has 0 aliphatic heterocycles. The zero-order valence-corrected chi connectivity index (χ0v) is 10.4. The Hall–Kier alpha value is -1.34. The number of aryl methyl sites for hydroxylation is 2. The minimum atomic E-state index is 0.301. The van der Waals surface area contributed by atoms with E-state index in [1.807, 2.05) is 0 Å². The summed E-state index contributed by atoms with van der Waals surface area (Å²) in [7, 11) is 0. The molecule has 0 amide bonds. The van der Waals surface area contributed by atoms with Crippen LogP contribution in [0.25, 0.3) is 10.8 Å². The summed E-state index contributed by atoms with van der Waals surface area (Å²) < 4.78 is 0. The van der Waals surface area contributed by atoms with E-state index in [2.05, 4.69) is 43.3 Å². The van der Waals surface area contributed by atoms with Gasteiger partial charge >= 0.3 is 0 Å². The van der Waals surface area contributed by atoms with Crippen molar-refractivity contribution in [2.75, 3.05) is 6.61 Å². The molecule has 0 fully saturated rings. The second-order valence-corrected chi connectivity index (χ2v) is 4.50. The molecule has 1 nitrogen and oxygen atoms in total. The van der Waals surface area contributed by atoms with Crippen LogP contribution in [0.1, 0.15) is 30.9 Å². The zero-order valence-electron chi connectivity index (χ0n) is 10.4. The molecular weight excluding hydrogens is 208 g/mol. The Bertz CT molecular complexity index is 488. The summed E-state index contributed by atoms with van der Waals surface area (Å²) in [6.45, 7) is 2.51. The van der Waals surface area contributed by atoms with E-state index in [-0.39, 0.29) is 0 Å². The maximum Gasteiger partial charge on any atom is 0.0431 e. The van der Waals surface area contributed by atoms with Gasteiger partial charge in [0.1, 0.15) is 0 Å². The van der Waals surface area contributed by atoms with Gasteiger partial charge in [0.25, 0.3) is 0 Å². The first-order valence-electron chi connectivity index (χ1n) is 6.46. The molecule has 0 unspecified atom stereocenters. The van der Waals surface area contributed by atoms with Crippen molar-refractivity contribution in [3.8, 4) is 0 Å². The van der Waals surface area contributed by atoms with Crippen molar-refractivity contribution in [1.29, 1.82) is 0 Å². The van der Waals surface area contributed by atoms with E-state index in [0.717, 1.165) is 25.7 Å². The lowest BCUT2D eigenvalue weighted by Crippen LogP contribution is -1.95. The van der Waals surface area contributed by atoms with Gasteiger partial charge in [0.15, 0.2) is 0 Å². The van der Waals surface area contributed by atoms with Crippen LogP contribution < -0.4 is 0 Å². The molecule has 0 saturated carbocycles. The smallest absolute Gasteiger partial charge is 0.0431 e. The second kappa shape index (κ2) is 5.83. The van der Waals surface area contributed by atoms with Crippen LogP contribution in [-0.4, -0.2) is 11.7 Å². The van der Waals surface area contributed by atoms with Crippen molar-refractivity contribution in [2.45, 2.75) is 32.6 Å². The molecule has 0 aliphatic carbocycles. The first kappa shape index (κ1) is 12.1. The van der Waals surface area contributed by atoms with Gasteiger partial charge in [0, 0.05) is 6.61 Å². The zero-order chi connectivity index (χ0) is 12.1. The predicted molar refractivity (Wildman–Crippen MR) is 73.3 cm³/mol. The highest BCUT2D eigenvalue weighted by molar-refractivity contribution is 5.84. The van der Waals surface area contributed by atoms with Crippen LogP contribution in [0.2, 0.25) is 0 Å². The van der Waals surface area contributed by atoms with Crippen LogP contribution in [0.5, 0.6) is 0 Å². The van der Waals surface area contributed by atoms with Gasteiger partial charge in [-0.2, -0.15) is 0 Å². The molecule has 0 aromatic heterocycles. The van der Waals surface area contributed by atoms with E-state index in [9.17, 15) is 0 Å². The number of hydrogen-bond donors (Lipinski definition) is 1. The predicted octanol–water partition coefficient (Wildman–Crippen LogP) is 3.72. The Morgan fingerprint density at radius 1 is 0.941 bits per heavy atom. The number of aliphatic hydroxyl groups excluding tert-OH is 1. The van der Waals surface area contributed by atoms with Crippen molar-refractivity contribution < 1.29 is 5.11 Å². The molecule has 0 heterocycles. The normalized spacial score (nSPS) is 10.9. The Labute approximate surface area is 103 Å². The molecule has 0 atom stereocenters. The van der Waals surface area contributed by atoms with Crippen molar-refractivity contribution in [1.82, 2.24) is 0 Å². The van der Waals surface area contributed by atoms with Gasteiger partial charge in [-0.15, -0.1) is 0 Å². The third-order valence-corrected chi connectivity index (χ3v) is 3.30. The standard InChI is InChI=1S/C16H20O/c1-2-13-11-15-7-3-4-8-16(15)12-14(13)9-5-6-10-17/h3-4,7-8,11-12,17H,2,5-6,9-10H2,1H3. The topological polar surface area (TPSA) is 20.2 Å². The molecule has 1 heteroatoms. The molecule has 0 bridgehead atoms. The molecule has 2 rings (SSSR count). The van der Waals surface area contributed by atoms with E-state index < -0.39 is 0 Å². The van der Waals surface area contributed by atoms with Crippen LogP contribution in [-0.2, 0) is 12.8 Å². The Morgan fingerprint density at radius 3 is 2.18 bits per heavy atom. The van der Waals surface area contributed by atoms with Crippen LogP contribution >= 0.6 is 0 Å². The second-order valence-electron chi connectivity index (χ2n) is 4.50. The van der Waals surface area contributed by atoms with Crippen molar-refractivity contribution in [3.63, 3.8) is 0 Å². The molecule has 0 radical (unpaired) electrons. The van der Waals surface area contributed by atoms with Gasteiger partial charge < -0.3 is 5.11 Å². The van der Waals surface area contributed by atoms with Gasteiger partial charge in [0.05, 0.1) is 0 Å². The molecule has 0 aliphatic rings. The van der Waals surface area contributed by atoms with Gasteiger partial charge in [-0.25, -0.2) is 0 Å². The van der Waals surface area contributed by atoms with Crippen LogP contribution in [0, 0.1) is 0 Å². The van der Waals surface area contributed by atoms with Crippen LogP contribution in [0.3, 0.4) is 0 Å². The molecular formula is C16H20O. The van der Waals surface area contributed by atoms with Gasteiger partial charge in [-0.05, 0) is 47.6 Å². The average molecular weight is 228 g/mol. The lowest BCUT2D eigenvalue weighted by atomic mass is 9.96. The van der Waals surface area contributed by atoms with E-state index >= 15 is 0 Å². The fourth-order valence-electron chi connectivity index (χ4n) is 2.32. The lowest BCUT2D eigenvalue weighted by molar-refractivity contribution is 0.284. The summed E-state index contributed by atoms with van der Waals surface area (Å²) in [4.78, 5) is 0. The van der Waals surface area contributed by atoms with E-state index in [4.69, 9.17) is 5.11 Å². The summed E-state index contributed by atoms with van der Waals surface area (Å²) in [5.41, 5.74) is 2.89. The summed E-state index contributed by atoms with van der Waals surface area (Å²) in [6, 6.07) is 13.1. The van der Waals surface area contributed by atoms with Gasteiger partial charge in [-0.1, -0.05) is 43.3 Å². The molecule has 2 aromatic carbocycles. The Kier molecular flexibility index (Phi) is 4.16. The SMILES string of the molecule is CCc1cc2ccccc2cc1CCCCO. The number of fused-ring (bicyclic) bond motifs is 1. The highest BCUT2D eigenvalue weighted by Gasteiger charge is 2.03. The Morgan fingerprint density at radius 2 is 1.59 bits per heavy atom. The summed E-state index contributed by atoms with van der Waals surface area (Å²) in [5, 5.41) is 11.5. The third kappa shape index (κ3) is 2.86. The quantitative estimate of drug-likeness (QED) is 0.773. The van der Waals surface area contributed by atoms with E-state index in [1.54, 1.807) is 0 Å². The summed E-state index contributed by atoms with van der Waals surface area (Å²) in [5.74, 6) is 0. The maximum atomic E-state index is 8.84. The molecule has 0 spiro atoms. The van der Waals surface area contributed by atoms with E-state index in [0.29, 0.717) is 6.61 Å². The number of rotatable bonds is 5. The number of aliphatic hydroxyl groups is 1. The largest absolute Gasteiger partial charge is 0.396 e. The highest BCUT2D eigenvalue weighted by atomic mass is 16.2. The Balaban J connectivity index is 2.32. The summed E-state index contributed by atoms with van der Waals surface area (Å²) >= 11 is 0. The minimum absolute atomic E-state index is 0.301. The fraction of sp³-hybridized carbons (Fsp3) is 0.375. The molecule has 17 heavy (non-hydrogen) atoms. The lowest BCUT2D eigenvalue weighted by Gasteiger charge is -2.10. The molecule has 90 valence electrons. The monoisotopic (exact) mass is 228 g/mol. The minimum Gasteiger partial charge on any atom is -0.396 e. The number of hydrogen-bond acceptors (Lipinski definition) is 1. The fourth-order valence-corrected chi connectivity index (χ4v) is 2.32. The first-order chi connectivity index (χ1) is 8.35. The molecule has 2 aromatic rings. The van der Waals surface area contributed by atoms with Crippen molar-refractivity contribution in [3.05, 3.63) is 47.5 Å². The number of unbranched alkanes of at least 4 members (excludes halogenated alkanes) is 1. The average Bonchev–Trinajstić information content (AvgIpc) is 2.38. The third-order valence-electron chi connectivity index (χ3n) is 3.30. The van der Waals surface area contributed by atoms with Crippen LogP contribution in [0.4, 0.5) is 0 Å². The first-order valence-corrected chi connectivity index (χ1v) is 6.46. The van der Waals surface area contributed by atoms with Crippen molar-refractivity contribution >= 4 is 10.8 Å². The molecule has 0 saturated heterocycles. The van der Waals surface area contributed by atoms with E-state index in [1.165, 1.54) is 21.9 Å². The van der Waals surface area contributed by atoms with Crippen LogP contribution in [0.15, 0.2) is 36.4 Å².